The number of carbonyl (C=O) groups is 1. The second-order valence-electron chi connectivity index (χ2n) is 7.24. The summed E-state index contributed by atoms with van der Waals surface area (Å²) in [6.07, 6.45) is 3.46. The lowest BCUT2D eigenvalue weighted by atomic mass is 10.1. The quantitative estimate of drug-likeness (QED) is 0.865. The van der Waals surface area contributed by atoms with Gasteiger partial charge in [0.15, 0.2) is 0 Å². The van der Waals surface area contributed by atoms with Gasteiger partial charge in [-0.15, -0.1) is 0 Å². The largest absolute Gasteiger partial charge is 0.355 e. The Morgan fingerprint density at radius 1 is 1.27 bits per heavy atom. The highest BCUT2D eigenvalue weighted by atomic mass is 16.1. The van der Waals surface area contributed by atoms with Gasteiger partial charge in [0.1, 0.15) is 5.82 Å². The summed E-state index contributed by atoms with van der Waals surface area (Å²) >= 11 is 0. The molecule has 6 heteroatoms. The molecule has 0 spiro atoms. The predicted octanol–water partition coefficient (Wildman–Crippen LogP) is 2.77. The molecule has 0 aromatic carbocycles. The molecule has 1 aliphatic heterocycles. The zero-order chi connectivity index (χ0) is 18.5. The van der Waals surface area contributed by atoms with Gasteiger partial charge in [-0.1, -0.05) is 6.07 Å². The summed E-state index contributed by atoms with van der Waals surface area (Å²) in [4.78, 5) is 19.2. The van der Waals surface area contributed by atoms with Gasteiger partial charge in [-0.2, -0.15) is 5.10 Å². The first-order valence-electron chi connectivity index (χ1n) is 9.50. The fourth-order valence-corrected chi connectivity index (χ4v) is 3.60. The molecule has 6 nitrogen and oxygen atoms in total. The second kappa shape index (κ2) is 8.34. The van der Waals surface area contributed by atoms with Gasteiger partial charge in [-0.3, -0.25) is 9.48 Å². The molecule has 1 atom stereocenters. The van der Waals surface area contributed by atoms with Crippen molar-refractivity contribution < 1.29 is 4.79 Å². The van der Waals surface area contributed by atoms with Crippen LogP contribution in [-0.2, 0) is 11.3 Å². The Kier molecular flexibility index (Phi) is 5.91. The van der Waals surface area contributed by atoms with Crippen molar-refractivity contribution in [3.63, 3.8) is 0 Å². The lowest BCUT2D eigenvalue weighted by Gasteiger charge is -2.34. The standard InChI is InChI=1S/C20H29N5O/c1-15-7-4-9-19(21-15)24-11-5-8-18(14-24)22-20(26)10-6-12-25-17(3)13-16(2)23-25/h4,7,9,13,18H,5-6,8,10-12,14H2,1-3H3,(H,22,26)/t18-/m1/s1. The summed E-state index contributed by atoms with van der Waals surface area (Å²) < 4.78 is 1.98. The van der Waals surface area contributed by atoms with Crippen molar-refractivity contribution in [2.45, 2.75) is 59.0 Å². The molecule has 1 N–H and O–H groups in total. The van der Waals surface area contributed by atoms with E-state index in [2.05, 4.69) is 33.3 Å². The Bertz CT molecular complexity index is 754. The molecule has 2 aromatic rings. The van der Waals surface area contributed by atoms with Gasteiger partial charge in [-0.05, 0) is 58.2 Å². The van der Waals surface area contributed by atoms with Crippen LogP contribution in [0.5, 0.6) is 0 Å². The number of amides is 1. The van der Waals surface area contributed by atoms with Crippen LogP contribution in [0.15, 0.2) is 24.3 Å². The van der Waals surface area contributed by atoms with Crippen LogP contribution in [0.3, 0.4) is 0 Å². The van der Waals surface area contributed by atoms with Crippen molar-refractivity contribution in [1.29, 1.82) is 0 Å². The summed E-state index contributed by atoms with van der Waals surface area (Å²) in [5.74, 6) is 1.14. The molecule has 1 amide bonds. The fraction of sp³-hybridized carbons (Fsp3) is 0.550. The first-order chi connectivity index (χ1) is 12.5. The lowest BCUT2D eigenvalue weighted by molar-refractivity contribution is -0.122. The minimum atomic E-state index is 0.135. The maximum absolute atomic E-state index is 12.3. The highest BCUT2D eigenvalue weighted by molar-refractivity contribution is 5.76. The first-order valence-corrected chi connectivity index (χ1v) is 9.50. The molecule has 140 valence electrons. The minimum absolute atomic E-state index is 0.135. The molecule has 0 unspecified atom stereocenters. The van der Waals surface area contributed by atoms with Crippen molar-refractivity contribution in [2.75, 3.05) is 18.0 Å². The summed E-state index contributed by atoms with van der Waals surface area (Å²) in [6.45, 7) is 8.68. The number of nitrogens with zero attached hydrogens (tertiary/aromatic N) is 4. The monoisotopic (exact) mass is 355 g/mol. The number of pyridine rings is 1. The number of piperidine rings is 1. The number of hydrogen-bond acceptors (Lipinski definition) is 4. The lowest BCUT2D eigenvalue weighted by Crippen LogP contribution is -2.48. The van der Waals surface area contributed by atoms with Crippen molar-refractivity contribution >= 4 is 11.7 Å². The highest BCUT2D eigenvalue weighted by Crippen LogP contribution is 2.18. The first kappa shape index (κ1) is 18.4. The van der Waals surface area contributed by atoms with E-state index in [4.69, 9.17) is 0 Å². The third kappa shape index (κ3) is 4.84. The number of anilines is 1. The SMILES string of the molecule is Cc1cccc(N2CCC[C@@H](NC(=O)CCCn3nc(C)cc3C)C2)n1. The van der Waals surface area contributed by atoms with E-state index in [1.54, 1.807) is 0 Å². The zero-order valence-electron chi connectivity index (χ0n) is 16.0. The minimum Gasteiger partial charge on any atom is -0.355 e. The maximum atomic E-state index is 12.3. The molecule has 0 radical (unpaired) electrons. The van der Waals surface area contributed by atoms with Crippen LogP contribution in [0.4, 0.5) is 5.82 Å². The Balaban J connectivity index is 1.45. The van der Waals surface area contributed by atoms with Crippen LogP contribution in [0, 0.1) is 20.8 Å². The van der Waals surface area contributed by atoms with Crippen LogP contribution >= 0.6 is 0 Å². The van der Waals surface area contributed by atoms with E-state index in [1.807, 2.05) is 36.7 Å². The van der Waals surface area contributed by atoms with E-state index in [0.29, 0.717) is 6.42 Å². The number of carbonyl (C=O) groups excluding carboxylic acids is 1. The van der Waals surface area contributed by atoms with Gasteiger partial charge in [-0.25, -0.2) is 4.98 Å². The van der Waals surface area contributed by atoms with Crippen LogP contribution < -0.4 is 10.2 Å². The van der Waals surface area contributed by atoms with Crippen LogP contribution in [0.25, 0.3) is 0 Å². The Labute approximate surface area is 155 Å². The summed E-state index contributed by atoms with van der Waals surface area (Å²) in [5, 5.41) is 7.65. The van der Waals surface area contributed by atoms with Gasteiger partial charge in [0.05, 0.1) is 5.69 Å². The average molecular weight is 355 g/mol. The van der Waals surface area contributed by atoms with Crippen molar-refractivity contribution in [2.24, 2.45) is 0 Å². The van der Waals surface area contributed by atoms with E-state index >= 15 is 0 Å². The number of nitrogens with one attached hydrogen (secondary N) is 1. The van der Waals surface area contributed by atoms with Crippen molar-refractivity contribution in [1.82, 2.24) is 20.1 Å². The molecule has 3 rings (SSSR count). The zero-order valence-corrected chi connectivity index (χ0v) is 16.0. The molecular formula is C20H29N5O. The summed E-state index contributed by atoms with van der Waals surface area (Å²) in [7, 11) is 0. The van der Waals surface area contributed by atoms with E-state index in [1.165, 1.54) is 0 Å². The molecule has 0 saturated carbocycles. The number of rotatable bonds is 6. The van der Waals surface area contributed by atoms with E-state index in [9.17, 15) is 4.79 Å². The highest BCUT2D eigenvalue weighted by Gasteiger charge is 2.22. The molecule has 3 heterocycles. The topological polar surface area (TPSA) is 63.1 Å². The smallest absolute Gasteiger partial charge is 0.220 e. The number of aryl methyl sites for hydroxylation is 4. The van der Waals surface area contributed by atoms with Crippen LogP contribution in [-0.4, -0.2) is 39.8 Å². The van der Waals surface area contributed by atoms with Gasteiger partial charge in [0.25, 0.3) is 0 Å². The molecule has 2 aromatic heterocycles. The van der Waals surface area contributed by atoms with Crippen LogP contribution in [0.1, 0.15) is 42.8 Å². The maximum Gasteiger partial charge on any atom is 0.220 e. The van der Waals surface area contributed by atoms with Gasteiger partial charge >= 0.3 is 0 Å². The number of hydrogen-bond donors (Lipinski definition) is 1. The summed E-state index contributed by atoms with van der Waals surface area (Å²) in [5.41, 5.74) is 3.20. The molecule has 26 heavy (non-hydrogen) atoms. The Morgan fingerprint density at radius 3 is 2.85 bits per heavy atom. The van der Waals surface area contributed by atoms with Gasteiger partial charge < -0.3 is 10.2 Å². The predicted molar refractivity (Wildman–Crippen MR) is 103 cm³/mol. The molecule has 0 bridgehead atoms. The molecule has 1 fully saturated rings. The second-order valence-corrected chi connectivity index (χ2v) is 7.24. The van der Waals surface area contributed by atoms with E-state index in [-0.39, 0.29) is 11.9 Å². The molecule has 1 saturated heterocycles. The summed E-state index contributed by atoms with van der Waals surface area (Å²) in [6, 6.07) is 8.36. The fourth-order valence-electron chi connectivity index (χ4n) is 3.60. The average Bonchev–Trinajstić information content (AvgIpc) is 2.92. The Hall–Kier alpha value is -2.37. The van der Waals surface area contributed by atoms with Crippen molar-refractivity contribution in [3.8, 4) is 0 Å². The van der Waals surface area contributed by atoms with Crippen LogP contribution in [0.2, 0.25) is 0 Å². The van der Waals surface area contributed by atoms with E-state index in [0.717, 1.165) is 61.8 Å². The van der Waals surface area contributed by atoms with Gasteiger partial charge in [0, 0.05) is 43.5 Å². The third-order valence-electron chi connectivity index (χ3n) is 4.86. The number of aromatic nitrogens is 3. The molecule has 0 aliphatic carbocycles. The Morgan fingerprint density at radius 2 is 2.12 bits per heavy atom. The third-order valence-corrected chi connectivity index (χ3v) is 4.86. The van der Waals surface area contributed by atoms with Gasteiger partial charge in [0.2, 0.25) is 5.91 Å². The van der Waals surface area contributed by atoms with E-state index < -0.39 is 0 Å². The molecular weight excluding hydrogens is 326 g/mol. The normalized spacial score (nSPS) is 17.3. The molecule has 1 aliphatic rings. The van der Waals surface area contributed by atoms with Crippen molar-refractivity contribution in [3.05, 3.63) is 41.3 Å².